The molecule has 0 aromatic heterocycles. The van der Waals surface area contributed by atoms with Crippen molar-refractivity contribution in [3.05, 3.63) is 0 Å². The molecule has 3 N–H and O–H groups in total. The minimum absolute atomic E-state index is 0.0584. The van der Waals surface area contributed by atoms with Gasteiger partial charge in [0.15, 0.2) is 5.78 Å². The molecular formula is C19H37NO2. The summed E-state index contributed by atoms with van der Waals surface area (Å²) in [4.78, 5) is 11.8. The molecule has 1 fully saturated rings. The van der Waals surface area contributed by atoms with E-state index in [1.807, 2.05) is 0 Å². The van der Waals surface area contributed by atoms with E-state index < -0.39 is 11.6 Å². The molecule has 130 valence electrons. The van der Waals surface area contributed by atoms with Crippen molar-refractivity contribution in [2.24, 2.45) is 5.73 Å². The third kappa shape index (κ3) is 8.89. The van der Waals surface area contributed by atoms with E-state index in [1.54, 1.807) is 0 Å². The molecule has 1 aliphatic rings. The second kappa shape index (κ2) is 11.2. The maximum absolute atomic E-state index is 11.8. The first kappa shape index (κ1) is 19.6. The van der Waals surface area contributed by atoms with Gasteiger partial charge in [0, 0.05) is 6.42 Å². The molecule has 0 bridgehead atoms. The van der Waals surface area contributed by atoms with Crippen LogP contribution in [0.2, 0.25) is 0 Å². The van der Waals surface area contributed by atoms with Gasteiger partial charge in [0.05, 0.1) is 11.6 Å². The number of hydrogen-bond acceptors (Lipinski definition) is 3. The quantitative estimate of drug-likeness (QED) is 0.438. The van der Waals surface area contributed by atoms with Crippen LogP contribution < -0.4 is 5.73 Å². The summed E-state index contributed by atoms with van der Waals surface area (Å²) in [5.74, 6) is 0.0584. The Morgan fingerprint density at radius 2 is 1.41 bits per heavy atom. The number of rotatable bonds is 15. The Labute approximate surface area is 137 Å². The summed E-state index contributed by atoms with van der Waals surface area (Å²) in [5.41, 5.74) is 5.27. The van der Waals surface area contributed by atoms with Crippen molar-refractivity contribution in [1.29, 1.82) is 0 Å². The summed E-state index contributed by atoms with van der Waals surface area (Å²) in [6.07, 6.45) is 16.5. The van der Waals surface area contributed by atoms with E-state index in [9.17, 15) is 9.90 Å². The number of unbranched alkanes of at least 4 members (excludes halogenated alkanes) is 10. The van der Waals surface area contributed by atoms with Gasteiger partial charge in [-0.25, -0.2) is 0 Å². The minimum Gasteiger partial charge on any atom is -0.393 e. The Bertz CT molecular complexity index is 300. The fourth-order valence-corrected chi connectivity index (χ4v) is 2.98. The zero-order chi connectivity index (χ0) is 16.3. The lowest BCUT2D eigenvalue weighted by molar-refractivity contribution is -0.123. The molecule has 0 aromatic rings. The molecule has 22 heavy (non-hydrogen) atoms. The summed E-state index contributed by atoms with van der Waals surface area (Å²) in [5, 5.41) is 9.88. The van der Waals surface area contributed by atoms with Crippen LogP contribution >= 0.6 is 0 Å². The third-order valence-corrected chi connectivity index (χ3v) is 4.91. The first-order valence-electron chi connectivity index (χ1n) is 9.59. The molecule has 0 aromatic carbocycles. The number of aliphatic hydroxyl groups excluding tert-OH is 1. The average Bonchev–Trinajstić information content (AvgIpc) is 3.24. The second-order valence-corrected chi connectivity index (χ2v) is 7.26. The van der Waals surface area contributed by atoms with Gasteiger partial charge >= 0.3 is 0 Å². The Morgan fingerprint density at radius 3 is 1.86 bits per heavy atom. The Morgan fingerprint density at radius 1 is 0.955 bits per heavy atom. The van der Waals surface area contributed by atoms with Crippen LogP contribution in [-0.4, -0.2) is 22.5 Å². The number of carbonyl (C=O) groups excluding carboxylic acids is 1. The highest BCUT2D eigenvalue weighted by Gasteiger charge is 2.45. The van der Waals surface area contributed by atoms with Gasteiger partial charge in [-0.15, -0.1) is 0 Å². The Kier molecular flexibility index (Phi) is 9.98. The third-order valence-electron chi connectivity index (χ3n) is 4.91. The molecule has 1 rings (SSSR count). The van der Waals surface area contributed by atoms with Crippen molar-refractivity contribution in [1.82, 2.24) is 0 Å². The summed E-state index contributed by atoms with van der Waals surface area (Å²) in [7, 11) is 0. The molecular weight excluding hydrogens is 274 g/mol. The van der Waals surface area contributed by atoms with E-state index in [0.29, 0.717) is 0 Å². The van der Waals surface area contributed by atoms with E-state index in [0.717, 1.165) is 25.7 Å². The molecule has 0 heterocycles. The molecule has 1 aliphatic carbocycles. The lowest BCUT2D eigenvalue weighted by Gasteiger charge is -2.12. The summed E-state index contributed by atoms with van der Waals surface area (Å²) in [6, 6.07) is 0. The summed E-state index contributed by atoms with van der Waals surface area (Å²) >= 11 is 0. The van der Waals surface area contributed by atoms with Gasteiger partial charge in [-0.3, -0.25) is 4.79 Å². The summed E-state index contributed by atoms with van der Waals surface area (Å²) in [6.45, 7) is 2.26. The summed E-state index contributed by atoms with van der Waals surface area (Å²) < 4.78 is 0. The van der Waals surface area contributed by atoms with E-state index in [4.69, 9.17) is 5.73 Å². The van der Waals surface area contributed by atoms with Crippen molar-refractivity contribution in [2.75, 3.05) is 0 Å². The largest absolute Gasteiger partial charge is 0.393 e. The fraction of sp³-hybridized carbons (Fsp3) is 0.947. The molecule has 0 amide bonds. The molecule has 1 unspecified atom stereocenters. The maximum atomic E-state index is 11.8. The topological polar surface area (TPSA) is 63.3 Å². The normalized spacial score (nSPS) is 17.4. The Hall–Kier alpha value is -0.410. The highest BCUT2D eigenvalue weighted by Crippen LogP contribution is 2.34. The lowest BCUT2D eigenvalue weighted by atomic mass is 10.00. The average molecular weight is 312 g/mol. The lowest BCUT2D eigenvalue weighted by Crippen LogP contribution is -2.35. The fourth-order valence-electron chi connectivity index (χ4n) is 2.98. The van der Waals surface area contributed by atoms with Crippen LogP contribution in [0.3, 0.4) is 0 Å². The molecule has 1 atom stereocenters. The van der Waals surface area contributed by atoms with Crippen LogP contribution in [0.4, 0.5) is 0 Å². The smallest absolute Gasteiger partial charge is 0.155 e. The number of aliphatic hydroxyl groups is 1. The standard InChI is InChI=1S/C19H37NO2/c1-2-3-4-5-6-7-8-9-10-11-12-13-17(21)16-18(22)19(20)14-15-19/h17,21H,2-16,20H2,1H3. The Balaban J connectivity index is 1.82. The van der Waals surface area contributed by atoms with Crippen LogP contribution in [0.5, 0.6) is 0 Å². The monoisotopic (exact) mass is 311 g/mol. The van der Waals surface area contributed by atoms with E-state index >= 15 is 0 Å². The van der Waals surface area contributed by atoms with Gasteiger partial charge in [-0.2, -0.15) is 0 Å². The molecule has 3 nitrogen and oxygen atoms in total. The number of Topliss-reactive ketones (excluding diaryl/α,β-unsaturated/α-hetero) is 1. The molecule has 0 saturated heterocycles. The van der Waals surface area contributed by atoms with Gasteiger partial charge in [0.25, 0.3) is 0 Å². The van der Waals surface area contributed by atoms with Crippen molar-refractivity contribution < 1.29 is 9.90 Å². The predicted molar refractivity (Wildman–Crippen MR) is 92.9 cm³/mol. The van der Waals surface area contributed by atoms with E-state index in [1.165, 1.54) is 64.2 Å². The van der Waals surface area contributed by atoms with Crippen molar-refractivity contribution in [2.45, 2.75) is 115 Å². The number of ketones is 1. The van der Waals surface area contributed by atoms with Crippen LogP contribution in [-0.2, 0) is 4.79 Å². The number of hydrogen-bond donors (Lipinski definition) is 2. The van der Waals surface area contributed by atoms with Crippen molar-refractivity contribution in [3.8, 4) is 0 Å². The second-order valence-electron chi connectivity index (χ2n) is 7.26. The van der Waals surface area contributed by atoms with Gasteiger partial charge in [0.1, 0.15) is 0 Å². The first-order chi connectivity index (χ1) is 10.6. The highest BCUT2D eigenvalue weighted by atomic mass is 16.3. The van der Waals surface area contributed by atoms with E-state index in [-0.39, 0.29) is 12.2 Å². The van der Waals surface area contributed by atoms with Crippen molar-refractivity contribution >= 4 is 5.78 Å². The molecule has 0 radical (unpaired) electrons. The highest BCUT2D eigenvalue weighted by molar-refractivity contribution is 5.91. The van der Waals surface area contributed by atoms with Gasteiger partial charge in [-0.05, 0) is 19.3 Å². The van der Waals surface area contributed by atoms with Gasteiger partial charge in [-0.1, -0.05) is 77.6 Å². The van der Waals surface area contributed by atoms with Crippen LogP contribution in [0.25, 0.3) is 0 Å². The minimum atomic E-state index is -0.571. The van der Waals surface area contributed by atoms with Gasteiger partial charge < -0.3 is 10.8 Å². The zero-order valence-electron chi connectivity index (χ0n) is 14.6. The SMILES string of the molecule is CCCCCCCCCCCCCC(O)CC(=O)C1(N)CC1. The maximum Gasteiger partial charge on any atom is 0.155 e. The van der Waals surface area contributed by atoms with Crippen molar-refractivity contribution in [3.63, 3.8) is 0 Å². The number of carbonyl (C=O) groups is 1. The molecule has 0 aliphatic heterocycles. The molecule has 3 heteroatoms. The number of nitrogens with two attached hydrogens (primary N) is 1. The molecule has 1 saturated carbocycles. The van der Waals surface area contributed by atoms with Crippen LogP contribution in [0.1, 0.15) is 103 Å². The van der Waals surface area contributed by atoms with Crippen LogP contribution in [0, 0.1) is 0 Å². The van der Waals surface area contributed by atoms with Gasteiger partial charge in [0.2, 0.25) is 0 Å². The van der Waals surface area contributed by atoms with Crippen LogP contribution in [0.15, 0.2) is 0 Å². The predicted octanol–water partition coefficient (Wildman–Crippen LogP) is 4.50. The van der Waals surface area contributed by atoms with E-state index in [2.05, 4.69) is 6.92 Å². The zero-order valence-corrected chi connectivity index (χ0v) is 14.6. The first-order valence-corrected chi connectivity index (χ1v) is 9.59. The molecule has 0 spiro atoms.